The highest BCUT2D eigenvalue weighted by Crippen LogP contribution is 2.17. The topological polar surface area (TPSA) is 92.3 Å². The molecule has 0 saturated heterocycles. The van der Waals surface area contributed by atoms with Crippen LogP contribution in [0.4, 0.5) is 0 Å². The van der Waals surface area contributed by atoms with E-state index in [0.29, 0.717) is 37.2 Å². The third-order valence-electron chi connectivity index (χ3n) is 4.20. The quantitative estimate of drug-likeness (QED) is 0.182. The molecule has 168 valence electrons. The van der Waals surface area contributed by atoms with Crippen LogP contribution in [0.3, 0.4) is 0 Å². The molecule has 0 heterocycles. The lowest BCUT2D eigenvalue weighted by atomic mass is 10.2. The van der Waals surface area contributed by atoms with E-state index in [9.17, 15) is 8.42 Å². The van der Waals surface area contributed by atoms with Crippen LogP contribution < -0.4 is 10.6 Å². The molecule has 0 radical (unpaired) electrons. The van der Waals surface area contributed by atoms with Gasteiger partial charge in [0.2, 0.25) is 10.0 Å². The van der Waals surface area contributed by atoms with Crippen LogP contribution in [0.1, 0.15) is 25.8 Å². The molecule has 0 aliphatic carbocycles. The monoisotopic (exact) mass is 542 g/mol. The van der Waals surface area contributed by atoms with E-state index >= 15 is 0 Å². The predicted octanol–water partition coefficient (Wildman–Crippen LogP) is 2.05. The van der Waals surface area contributed by atoms with E-state index in [0.717, 1.165) is 18.5 Å². The van der Waals surface area contributed by atoms with Gasteiger partial charge in [0.25, 0.3) is 0 Å². The van der Waals surface area contributed by atoms with Crippen molar-refractivity contribution in [2.75, 3.05) is 47.6 Å². The molecule has 0 aliphatic rings. The van der Waals surface area contributed by atoms with Crippen LogP contribution in [0.5, 0.6) is 0 Å². The molecule has 0 unspecified atom stereocenters. The largest absolute Gasteiger partial charge is 0.382 e. The molecule has 10 heteroatoms. The molecule has 0 spiro atoms. The molecule has 1 aromatic rings. The van der Waals surface area contributed by atoms with E-state index in [4.69, 9.17) is 9.47 Å². The average Bonchev–Trinajstić information content (AvgIpc) is 2.69. The van der Waals surface area contributed by atoms with E-state index in [-0.39, 0.29) is 30.0 Å². The van der Waals surface area contributed by atoms with Gasteiger partial charge in [-0.25, -0.2) is 8.42 Å². The van der Waals surface area contributed by atoms with Gasteiger partial charge in [-0.1, -0.05) is 12.1 Å². The third-order valence-corrected chi connectivity index (χ3v) is 6.25. The second kappa shape index (κ2) is 14.9. The number of hydrogen-bond acceptors (Lipinski definition) is 5. The lowest BCUT2D eigenvalue weighted by Gasteiger charge is -2.21. The van der Waals surface area contributed by atoms with Crippen molar-refractivity contribution in [1.29, 1.82) is 0 Å². The van der Waals surface area contributed by atoms with Gasteiger partial charge < -0.3 is 20.1 Å². The summed E-state index contributed by atoms with van der Waals surface area (Å²) in [5.74, 6) is 0.688. The first-order valence-corrected chi connectivity index (χ1v) is 10.8. The Morgan fingerprint density at radius 2 is 1.79 bits per heavy atom. The summed E-state index contributed by atoms with van der Waals surface area (Å²) in [5.41, 5.74) is 0.969. The van der Waals surface area contributed by atoms with Crippen molar-refractivity contribution in [2.45, 2.75) is 37.8 Å². The lowest BCUT2D eigenvalue weighted by molar-refractivity contribution is 0.0698. The molecule has 8 nitrogen and oxygen atoms in total. The Bertz CT molecular complexity index is 697. The first-order valence-electron chi connectivity index (χ1n) is 9.41. The molecule has 0 amide bonds. The molecule has 29 heavy (non-hydrogen) atoms. The minimum absolute atomic E-state index is 0. The first kappa shape index (κ1) is 28.1. The van der Waals surface area contributed by atoms with Gasteiger partial charge in [-0.2, -0.15) is 4.31 Å². The van der Waals surface area contributed by atoms with E-state index < -0.39 is 10.0 Å². The number of guanidine groups is 1. The number of aliphatic imine (C=N–C) groups is 1. The first-order chi connectivity index (χ1) is 13.3. The number of sulfonamides is 1. The van der Waals surface area contributed by atoms with E-state index in [1.807, 2.05) is 26.0 Å². The fraction of sp³-hybridized carbons (Fsp3) is 0.632. The number of ether oxygens (including phenoxy) is 2. The molecular weight excluding hydrogens is 507 g/mol. The molecular formula is C19H35IN4O4S. The number of rotatable bonds is 12. The third kappa shape index (κ3) is 10.1. The van der Waals surface area contributed by atoms with Gasteiger partial charge >= 0.3 is 0 Å². The van der Waals surface area contributed by atoms with Gasteiger partial charge in [0.05, 0.1) is 18.1 Å². The average molecular weight is 542 g/mol. The van der Waals surface area contributed by atoms with Crippen molar-refractivity contribution in [3.63, 3.8) is 0 Å². The van der Waals surface area contributed by atoms with Crippen molar-refractivity contribution < 1.29 is 17.9 Å². The Morgan fingerprint density at radius 1 is 1.14 bits per heavy atom. The minimum Gasteiger partial charge on any atom is -0.382 e. The smallest absolute Gasteiger partial charge is 0.243 e. The van der Waals surface area contributed by atoms with Crippen molar-refractivity contribution in [3.05, 3.63) is 29.8 Å². The van der Waals surface area contributed by atoms with E-state index in [2.05, 4.69) is 15.6 Å². The molecule has 1 rings (SSSR count). The van der Waals surface area contributed by atoms with Gasteiger partial charge in [0, 0.05) is 46.9 Å². The second-order valence-corrected chi connectivity index (χ2v) is 8.57. The maximum Gasteiger partial charge on any atom is 0.243 e. The van der Waals surface area contributed by atoms with Crippen molar-refractivity contribution in [2.24, 2.45) is 4.99 Å². The fourth-order valence-corrected chi connectivity index (χ4v) is 3.62. The molecule has 0 atom stereocenters. The number of methoxy groups -OCH3 is 1. The van der Waals surface area contributed by atoms with Crippen molar-refractivity contribution in [3.8, 4) is 0 Å². The Labute approximate surface area is 192 Å². The molecule has 0 saturated carbocycles. The molecule has 2 N–H and O–H groups in total. The highest BCUT2D eigenvalue weighted by atomic mass is 127. The maximum absolute atomic E-state index is 12.5. The number of hydrogen-bond donors (Lipinski definition) is 2. The van der Waals surface area contributed by atoms with Gasteiger partial charge in [0.15, 0.2) is 5.96 Å². The minimum atomic E-state index is -3.46. The summed E-state index contributed by atoms with van der Waals surface area (Å²) in [6.45, 7) is 6.84. The van der Waals surface area contributed by atoms with Gasteiger partial charge in [-0.05, 0) is 38.0 Å². The van der Waals surface area contributed by atoms with Crippen LogP contribution in [0.25, 0.3) is 0 Å². The number of benzene rings is 1. The summed E-state index contributed by atoms with van der Waals surface area (Å²) in [7, 11) is 1.49. The number of nitrogens with zero attached hydrogens (tertiary/aromatic N) is 2. The Kier molecular flexibility index (Phi) is 14.5. The van der Waals surface area contributed by atoms with Crippen LogP contribution in [-0.4, -0.2) is 72.3 Å². The van der Waals surface area contributed by atoms with Crippen LogP contribution >= 0.6 is 24.0 Å². The molecule has 0 aliphatic heterocycles. The zero-order chi connectivity index (χ0) is 21.0. The summed E-state index contributed by atoms with van der Waals surface area (Å²) in [6, 6.07) is 6.80. The fourth-order valence-electron chi connectivity index (χ4n) is 2.25. The Hall–Kier alpha value is -0.950. The predicted molar refractivity (Wildman–Crippen MR) is 127 cm³/mol. The van der Waals surface area contributed by atoms with Crippen LogP contribution in [-0.2, 0) is 26.0 Å². The van der Waals surface area contributed by atoms with E-state index in [1.54, 1.807) is 33.3 Å². The lowest BCUT2D eigenvalue weighted by Crippen LogP contribution is -2.37. The summed E-state index contributed by atoms with van der Waals surface area (Å²) in [5, 5.41) is 6.43. The van der Waals surface area contributed by atoms with Crippen molar-refractivity contribution >= 4 is 40.0 Å². The van der Waals surface area contributed by atoms with Crippen LogP contribution in [0.2, 0.25) is 0 Å². The molecule has 1 aromatic carbocycles. The highest BCUT2D eigenvalue weighted by molar-refractivity contribution is 14.0. The molecule has 0 aromatic heterocycles. The normalized spacial score (nSPS) is 12.2. The zero-order valence-corrected chi connectivity index (χ0v) is 21.1. The zero-order valence-electron chi connectivity index (χ0n) is 18.0. The van der Waals surface area contributed by atoms with Crippen LogP contribution in [0, 0.1) is 0 Å². The van der Waals surface area contributed by atoms with Crippen molar-refractivity contribution in [1.82, 2.24) is 14.9 Å². The highest BCUT2D eigenvalue weighted by Gasteiger charge is 2.22. The second-order valence-electron chi connectivity index (χ2n) is 6.57. The number of halogens is 1. The maximum atomic E-state index is 12.5. The molecule has 0 bridgehead atoms. The van der Waals surface area contributed by atoms with Gasteiger partial charge in [-0.3, -0.25) is 4.99 Å². The summed E-state index contributed by atoms with van der Waals surface area (Å²) in [6.07, 6.45) is 0.861. The SMILES string of the molecule is CN=C(NCCCOCCOC)NCc1ccc(S(=O)(=O)N(C)C(C)C)cc1.I. The Morgan fingerprint density at radius 3 is 2.34 bits per heavy atom. The van der Waals surface area contributed by atoms with Crippen LogP contribution in [0.15, 0.2) is 34.2 Å². The van der Waals surface area contributed by atoms with Gasteiger partial charge in [0.1, 0.15) is 0 Å². The summed E-state index contributed by atoms with van der Waals surface area (Å²) in [4.78, 5) is 4.48. The Balaban J connectivity index is 0.00000784. The standard InChI is InChI=1S/C19H34N4O4S.HI/c1-16(2)23(4)28(24,25)18-9-7-17(8-10-18)15-22-19(20-3)21-11-6-12-27-14-13-26-5;/h7-10,16H,6,11-15H2,1-5H3,(H2,20,21,22);1H. The van der Waals surface area contributed by atoms with E-state index in [1.165, 1.54) is 4.31 Å². The summed E-state index contributed by atoms with van der Waals surface area (Å²) < 4.78 is 36.7. The molecule has 0 fully saturated rings. The summed E-state index contributed by atoms with van der Waals surface area (Å²) >= 11 is 0. The van der Waals surface area contributed by atoms with Gasteiger partial charge in [-0.15, -0.1) is 24.0 Å². The number of nitrogens with one attached hydrogen (secondary N) is 2.